The predicted molar refractivity (Wildman–Crippen MR) is 139 cm³/mol. The molecule has 0 aliphatic carbocycles. The molecule has 0 N–H and O–H groups in total. The van der Waals surface area contributed by atoms with Crippen molar-refractivity contribution in [2.75, 3.05) is 52.3 Å². The highest BCUT2D eigenvalue weighted by atomic mass is 16.5. The van der Waals surface area contributed by atoms with Crippen LogP contribution in [0.4, 0.5) is 5.95 Å². The summed E-state index contributed by atoms with van der Waals surface area (Å²) in [5.41, 5.74) is 4.75. The van der Waals surface area contributed by atoms with Crippen molar-refractivity contribution in [1.29, 1.82) is 0 Å². The third kappa shape index (κ3) is 4.78. The minimum Gasteiger partial charge on any atom is -0.478 e. The molecule has 1 saturated heterocycles. The van der Waals surface area contributed by atoms with Gasteiger partial charge in [0.15, 0.2) is 5.65 Å². The predicted octanol–water partition coefficient (Wildman–Crippen LogP) is 3.20. The van der Waals surface area contributed by atoms with Crippen LogP contribution in [0.5, 0.6) is 5.88 Å². The van der Waals surface area contributed by atoms with Crippen molar-refractivity contribution in [2.24, 2.45) is 0 Å². The summed E-state index contributed by atoms with van der Waals surface area (Å²) in [5.74, 6) is 1.52. The van der Waals surface area contributed by atoms with Gasteiger partial charge in [0.2, 0.25) is 11.8 Å². The normalized spacial score (nSPS) is 19.2. The van der Waals surface area contributed by atoms with Gasteiger partial charge in [0.1, 0.15) is 0 Å². The van der Waals surface area contributed by atoms with Gasteiger partial charge in [-0.25, -0.2) is 4.98 Å². The van der Waals surface area contributed by atoms with Gasteiger partial charge >= 0.3 is 0 Å². The minimum atomic E-state index is 0.435. The molecule has 1 aliphatic rings. The van der Waals surface area contributed by atoms with Crippen LogP contribution >= 0.6 is 0 Å². The van der Waals surface area contributed by atoms with Crippen molar-refractivity contribution in [2.45, 2.75) is 32.4 Å². The van der Waals surface area contributed by atoms with Crippen LogP contribution in [-0.2, 0) is 0 Å². The van der Waals surface area contributed by atoms with Gasteiger partial charge in [0.05, 0.1) is 23.8 Å². The third-order valence-corrected chi connectivity index (χ3v) is 6.92. The lowest BCUT2D eigenvalue weighted by atomic mass is 10.1. The average Bonchev–Trinajstić information content (AvgIpc) is 3.30. The summed E-state index contributed by atoms with van der Waals surface area (Å²) in [6.45, 7) is 7.98. The second-order valence-corrected chi connectivity index (χ2v) is 9.81. The van der Waals surface area contributed by atoms with Gasteiger partial charge in [0.25, 0.3) is 0 Å². The lowest BCUT2D eigenvalue weighted by Crippen LogP contribution is -2.55. The molecular formula is C26H34N8O. The van der Waals surface area contributed by atoms with E-state index in [0.29, 0.717) is 24.6 Å². The number of hydrogen-bond donors (Lipinski definition) is 0. The Morgan fingerprint density at radius 2 is 1.74 bits per heavy atom. The SMILES string of the molecule is C[C@@H]1CN(c2nnc3cnc4ccc(-c5ccc(OCCCN(C)C)nc5)cc4n23)C[C@H](C)N1C. The molecule has 0 spiro atoms. The van der Waals surface area contributed by atoms with Crippen LogP contribution in [0.1, 0.15) is 20.3 Å². The van der Waals surface area contributed by atoms with Crippen LogP contribution < -0.4 is 9.64 Å². The lowest BCUT2D eigenvalue weighted by molar-refractivity contribution is 0.169. The van der Waals surface area contributed by atoms with Gasteiger partial charge in [0, 0.05) is 49.5 Å². The van der Waals surface area contributed by atoms with Crippen LogP contribution in [0.25, 0.3) is 27.8 Å². The Morgan fingerprint density at radius 3 is 2.46 bits per heavy atom. The van der Waals surface area contributed by atoms with E-state index in [9.17, 15) is 0 Å². The molecule has 4 heterocycles. The van der Waals surface area contributed by atoms with Crippen LogP contribution in [0.3, 0.4) is 0 Å². The molecule has 184 valence electrons. The second kappa shape index (κ2) is 9.75. The van der Waals surface area contributed by atoms with Crippen molar-refractivity contribution >= 4 is 22.6 Å². The zero-order chi connectivity index (χ0) is 24.5. The Kier molecular flexibility index (Phi) is 6.53. The fourth-order valence-electron chi connectivity index (χ4n) is 4.69. The first-order chi connectivity index (χ1) is 16.9. The Hall–Kier alpha value is -3.30. The highest BCUT2D eigenvalue weighted by molar-refractivity contribution is 5.84. The number of aromatic nitrogens is 5. The third-order valence-electron chi connectivity index (χ3n) is 6.92. The first kappa shape index (κ1) is 23.4. The molecule has 0 bridgehead atoms. The zero-order valence-corrected chi connectivity index (χ0v) is 21.2. The van der Waals surface area contributed by atoms with Gasteiger partial charge in [-0.3, -0.25) is 14.3 Å². The fraction of sp³-hybridized carbons (Fsp3) is 0.462. The first-order valence-electron chi connectivity index (χ1n) is 12.3. The summed E-state index contributed by atoms with van der Waals surface area (Å²) >= 11 is 0. The Labute approximate surface area is 206 Å². The largest absolute Gasteiger partial charge is 0.478 e. The van der Waals surface area contributed by atoms with Gasteiger partial charge in [-0.2, -0.15) is 0 Å². The summed E-state index contributed by atoms with van der Waals surface area (Å²) in [6.07, 6.45) is 4.63. The number of pyridine rings is 1. The zero-order valence-electron chi connectivity index (χ0n) is 21.2. The molecule has 0 unspecified atom stereocenters. The van der Waals surface area contributed by atoms with E-state index in [1.807, 2.05) is 12.3 Å². The molecule has 1 fully saturated rings. The number of nitrogens with zero attached hydrogens (tertiary/aromatic N) is 8. The standard InChI is InChI=1S/C26H34N8O/c1-18-16-33(17-19(2)32(18)5)26-30-29-24-15-27-22-9-7-20(13-23(22)34(24)26)21-8-10-25(28-14-21)35-12-6-11-31(3)4/h7-10,13-15,18-19H,6,11-12,16-17H2,1-5H3/t18-,19+. The molecule has 35 heavy (non-hydrogen) atoms. The molecule has 1 aromatic carbocycles. The summed E-state index contributed by atoms with van der Waals surface area (Å²) in [6, 6.07) is 11.1. The number of piperazine rings is 1. The second-order valence-electron chi connectivity index (χ2n) is 9.81. The van der Waals surface area contributed by atoms with Crippen LogP contribution in [0.2, 0.25) is 0 Å². The number of hydrogen-bond acceptors (Lipinski definition) is 8. The van der Waals surface area contributed by atoms with Crippen LogP contribution in [-0.4, -0.2) is 93.8 Å². The number of anilines is 1. The molecule has 9 nitrogen and oxygen atoms in total. The Morgan fingerprint density at radius 1 is 0.971 bits per heavy atom. The van der Waals surface area contributed by atoms with Crippen LogP contribution in [0.15, 0.2) is 42.7 Å². The highest BCUT2D eigenvalue weighted by Crippen LogP contribution is 2.28. The van der Waals surface area contributed by atoms with Gasteiger partial charge in [-0.15, -0.1) is 10.2 Å². The van der Waals surface area contributed by atoms with Gasteiger partial charge in [-0.05, 0) is 65.2 Å². The summed E-state index contributed by atoms with van der Waals surface area (Å²) < 4.78 is 7.93. The van der Waals surface area contributed by atoms with Crippen molar-refractivity contribution in [3.05, 3.63) is 42.7 Å². The molecule has 9 heteroatoms. The average molecular weight is 475 g/mol. The molecule has 0 amide bonds. The van der Waals surface area contributed by atoms with E-state index < -0.39 is 0 Å². The van der Waals surface area contributed by atoms with Crippen LogP contribution in [0, 0.1) is 0 Å². The smallest absolute Gasteiger partial charge is 0.232 e. The lowest BCUT2D eigenvalue weighted by Gasteiger charge is -2.42. The Balaban J connectivity index is 1.44. The van der Waals surface area contributed by atoms with Crippen molar-refractivity contribution in [3.63, 3.8) is 0 Å². The summed E-state index contributed by atoms with van der Waals surface area (Å²) in [5, 5.41) is 9.01. The number of rotatable bonds is 7. The van der Waals surface area contributed by atoms with E-state index in [4.69, 9.17) is 4.74 Å². The topological polar surface area (TPSA) is 74.9 Å². The number of ether oxygens (including phenoxy) is 1. The van der Waals surface area contributed by atoms with E-state index in [0.717, 1.165) is 59.8 Å². The van der Waals surface area contributed by atoms with E-state index in [1.54, 1.807) is 6.20 Å². The maximum absolute atomic E-state index is 5.80. The maximum Gasteiger partial charge on any atom is 0.232 e. The van der Waals surface area contributed by atoms with Crippen molar-refractivity contribution < 1.29 is 4.74 Å². The van der Waals surface area contributed by atoms with Gasteiger partial charge < -0.3 is 14.5 Å². The molecular weight excluding hydrogens is 440 g/mol. The van der Waals surface area contributed by atoms with E-state index in [1.165, 1.54) is 0 Å². The van der Waals surface area contributed by atoms with Crippen molar-refractivity contribution in [1.82, 2.24) is 34.4 Å². The molecule has 1 aliphatic heterocycles. The number of fused-ring (bicyclic) bond motifs is 3. The maximum atomic E-state index is 5.80. The van der Waals surface area contributed by atoms with Crippen molar-refractivity contribution in [3.8, 4) is 17.0 Å². The quantitative estimate of drug-likeness (QED) is 0.378. The Bertz CT molecular complexity index is 1290. The molecule has 3 aromatic heterocycles. The highest BCUT2D eigenvalue weighted by Gasteiger charge is 2.29. The minimum absolute atomic E-state index is 0.435. The molecule has 2 atom stereocenters. The van der Waals surface area contributed by atoms with E-state index in [-0.39, 0.29) is 0 Å². The summed E-state index contributed by atoms with van der Waals surface area (Å²) in [7, 11) is 6.32. The fourth-order valence-corrected chi connectivity index (χ4v) is 4.69. The van der Waals surface area contributed by atoms with E-state index >= 15 is 0 Å². The monoisotopic (exact) mass is 474 g/mol. The molecule has 0 radical (unpaired) electrons. The molecule has 4 aromatic rings. The molecule has 5 rings (SSSR count). The number of benzene rings is 1. The van der Waals surface area contributed by atoms with Gasteiger partial charge in [-0.1, -0.05) is 6.07 Å². The van der Waals surface area contributed by atoms with E-state index in [2.05, 4.69) is 98.5 Å². The molecule has 0 saturated carbocycles. The first-order valence-corrected chi connectivity index (χ1v) is 12.3. The summed E-state index contributed by atoms with van der Waals surface area (Å²) in [4.78, 5) is 16.1. The number of likely N-dealkylation sites (N-methyl/N-ethyl adjacent to an activating group) is 1.